The molecule has 3 atom stereocenters. The highest BCUT2D eigenvalue weighted by atomic mass is 32.1. The molecule has 0 saturated heterocycles. The number of hydrogen-bond donors (Lipinski definition) is 1. The van der Waals surface area contributed by atoms with Gasteiger partial charge in [-0.3, -0.25) is 4.90 Å². The molecule has 116 valence electrons. The molecule has 3 nitrogen and oxygen atoms in total. The fraction of sp³-hybridized carbons (Fsp3) is 0.750. The van der Waals surface area contributed by atoms with Gasteiger partial charge < -0.3 is 10.6 Å². The van der Waals surface area contributed by atoms with Crippen LogP contribution >= 0.6 is 11.3 Å². The van der Waals surface area contributed by atoms with E-state index in [2.05, 4.69) is 63.7 Å². The third-order valence-electron chi connectivity index (χ3n) is 3.85. The zero-order chi connectivity index (χ0) is 15.3. The molecule has 0 fully saturated rings. The number of likely N-dealkylation sites (N-methyl/N-ethyl adjacent to an activating group) is 2. The summed E-state index contributed by atoms with van der Waals surface area (Å²) in [6.07, 6.45) is 1.01. The second kappa shape index (κ2) is 8.13. The first-order valence-corrected chi connectivity index (χ1v) is 8.44. The second-order valence-electron chi connectivity index (χ2n) is 5.91. The summed E-state index contributed by atoms with van der Waals surface area (Å²) in [6.45, 7) is 11.0. The Morgan fingerprint density at radius 2 is 1.90 bits per heavy atom. The summed E-state index contributed by atoms with van der Waals surface area (Å²) in [4.78, 5) is 7.58. The SMILES string of the molecule is CCC(N)C(c1ccc(C)s1)N(CC)C(C)CN(C)C. The van der Waals surface area contributed by atoms with E-state index in [9.17, 15) is 0 Å². The molecule has 0 aliphatic carbocycles. The highest BCUT2D eigenvalue weighted by molar-refractivity contribution is 7.12. The minimum absolute atomic E-state index is 0.192. The van der Waals surface area contributed by atoms with Crippen LogP contribution in [0.3, 0.4) is 0 Å². The largest absolute Gasteiger partial charge is 0.326 e. The molecular weight excluding hydrogens is 266 g/mol. The first-order valence-electron chi connectivity index (χ1n) is 7.63. The molecule has 3 unspecified atom stereocenters. The van der Waals surface area contributed by atoms with Gasteiger partial charge in [0.2, 0.25) is 0 Å². The van der Waals surface area contributed by atoms with E-state index in [4.69, 9.17) is 5.73 Å². The van der Waals surface area contributed by atoms with Gasteiger partial charge >= 0.3 is 0 Å². The van der Waals surface area contributed by atoms with Gasteiger partial charge in [0.1, 0.15) is 0 Å². The van der Waals surface area contributed by atoms with Crippen LogP contribution in [0, 0.1) is 6.92 Å². The van der Waals surface area contributed by atoms with Crippen LogP contribution in [-0.2, 0) is 0 Å². The molecule has 1 heterocycles. The van der Waals surface area contributed by atoms with Gasteiger partial charge in [-0.15, -0.1) is 11.3 Å². The Hall–Kier alpha value is -0.420. The molecular formula is C16H31N3S. The first kappa shape index (κ1) is 17.6. The average molecular weight is 298 g/mol. The predicted molar refractivity (Wildman–Crippen MR) is 90.5 cm³/mol. The zero-order valence-electron chi connectivity index (χ0n) is 13.9. The monoisotopic (exact) mass is 297 g/mol. The van der Waals surface area contributed by atoms with Crippen molar-refractivity contribution in [3.05, 3.63) is 21.9 Å². The smallest absolute Gasteiger partial charge is 0.0596 e. The normalized spacial score (nSPS) is 16.6. The lowest BCUT2D eigenvalue weighted by Gasteiger charge is -2.39. The zero-order valence-corrected chi connectivity index (χ0v) is 14.7. The highest BCUT2D eigenvalue weighted by Gasteiger charge is 2.29. The summed E-state index contributed by atoms with van der Waals surface area (Å²) in [6, 6.07) is 5.49. The van der Waals surface area contributed by atoms with Crippen LogP contribution in [0.25, 0.3) is 0 Å². The van der Waals surface area contributed by atoms with Crippen LogP contribution in [0.2, 0.25) is 0 Å². The van der Waals surface area contributed by atoms with Crippen molar-refractivity contribution in [2.45, 2.75) is 52.2 Å². The van der Waals surface area contributed by atoms with Gasteiger partial charge in [-0.25, -0.2) is 0 Å². The maximum Gasteiger partial charge on any atom is 0.0596 e. The van der Waals surface area contributed by atoms with E-state index in [0.29, 0.717) is 12.1 Å². The van der Waals surface area contributed by atoms with E-state index in [1.165, 1.54) is 9.75 Å². The number of nitrogens with zero attached hydrogens (tertiary/aromatic N) is 2. The van der Waals surface area contributed by atoms with Gasteiger partial charge in [0.25, 0.3) is 0 Å². The molecule has 0 spiro atoms. The third kappa shape index (κ3) is 4.55. The van der Waals surface area contributed by atoms with E-state index in [-0.39, 0.29) is 6.04 Å². The fourth-order valence-electron chi connectivity index (χ4n) is 2.87. The van der Waals surface area contributed by atoms with Crippen LogP contribution in [0.15, 0.2) is 12.1 Å². The highest BCUT2D eigenvalue weighted by Crippen LogP contribution is 2.32. The number of hydrogen-bond acceptors (Lipinski definition) is 4. The van der Waals surface area contributed by atoms with Crippen LogP contribution in [0.1, 0.15) is 43.0 Å². The van der Waals surface area contributed by atoms with Gasteiger partial charge in [-0.2, -0.15) is 0 Å². The van der Waals surface area contributed by atoms with Crippen molar-refractivity contribution < 1.29 is 0 Å². The van der Waals surface area contributed by atoms with E-state index in [1.54, 1.807) is 0 Å². The molecule has 1 rings (SSSR count). The molecule has 0 saturated carbocycles. The Balaban J connectivity index is 3.01. The van der Waals surface area contributed by atoms with Gasteiger partial charge in [0.15, 0.2) is 0 Å². The predicted octanol–water partition coefficient (Wildman–Crippen LogP) is 3.11. The number of nitrogens with two attached hydrogens (primary N) is 1. The second-order valence-corrected chi connectivity index (χ2v) is 7.23. The quantitative estimate of drug-likeness (QED) is 0.800. The Morgan fingerprint density at radius 3 is 2.30 bits per heavy atom. The van der Waals surface area contributed by atoms with E-state index >= 15 is 0 Å². The average Bonchev–Trinajstić information content (AvgIpc) is 2.80. The molecule has 0 aromatic carbocycles. The van der Waals surface area contributed by atoms with Crippen molar-refractivity contribution in [2.24, 2.45) is 5.73 Å². The number of aryl methyl sites for hydroxylation is 1. The van der Waals surface area contributed by atoms with E-state index in [0.717, 1.165) is 19.5 Å². The molecule has 0 radical (unpaired) electrons. The Labute approximate surface area is 128 Å². The number of rotatable bonds is 8. The van der Waals surface area contributed by atoms with E-state index in [1.807, 2.05) is 11.3 Å². The Morgan fingerprint density at radius 1 is 1.25 bits per heavy atom. The number of thiophene rings is 1. The summed E-state index contributed by atoms with van der Waals surface area (Å²) < 4.78 is 0. The van der Waals surface area contributed by atoms with Gasteiger partial charge in [-0.1, -0.05) is 13.8 Å². The lowest BCUT2D eigenvalue weighted by Crippen LogP contribution is -2.47. The summed E-state index contributed by atoms with van der Waals surface area (Å²) in [7, 11) is 4.27. The molecule has 0 amide bonds. The maximum atomic E-state index is 6.45. The van der Waals surface area contributed by atoms with Crippen LogP contribution in [0.5, 0.6) is 0 Å². The fourth-order valence-corrected chi connectivity index (χ4v) is 3.95. The molecule has 2 N–H and O–H groups in total. The summed E-state index contributed by atoms with van der Waals surface area (Å²) in [5.41, 5.74) is 6.45. The molecule has 0 aliphatic rings. The summed E-state index contributed by atoms with van der Waals surface area (Å²) in [5.74, 6) is 0. The summed E-state index contributed by atoms with van der Waals surface area (Å²) >= 11 is 1.88. The first-order chi connectivity index (χ1) is 9.40. The van der Waals surface area contributed by atoms with Crippen molar-refractivity contribution in [3.8, 4) is 0 Å². The molecule has 20 heavy (non-hydrogen) atoms. The lowest BCUT2D eigenvalue weighted by molar-refractivity contribution is 0.111. The minimum Gasteiger partial charge on any atom is -0.326 e. The van der Waals surface area contributed by atoms with Crippen molar-refractivity contribution in [1.29, 1.82) is 0 Å². The topological polar surface area (TPSA) is 32.5 Å². The third-order valence-corrected chi connectivity index (χ3v) is 4.92. The Kier molecular flexibility index (Phi) is 7.17. The van der Waals surface area contributed by atoms with Gasteiger partial charge in [0.05, 0.1) is 6.04 Å². The van der Waals surface area contributed by atoms with Crippen molar-refractivity contribution in [1.82, 2.24) is 9.80 Å². The standard InChI is InChI=1S/C16H31N3S/c1-7-14(17)16(15-10-9-13(4)20-15)19(8-2)12(3)11-18(5)6/h9-10,12,14,16H,7-8,11,17H2,1-6H3. The van der Waals surface area contributed by atoms with Crippen LogP contribution < -0.4 is 5.73 Å². The molecule has 1 aromatic rings. The van der Waals surface area contributed by atoms with Crippen molar-refractivity contribution >= 4 is 11.3 Å². The van der Waals surface area contributed by atoms with Gasteiger partial charge in [-0.05, 0) is 53.0 Å². The molecule has 0 aliphatic heterocycles. The molecule has 0 bridgehead atoms. The maximum absolute atomic E-state index is 6.45. The lowest BCUT2D eigenvalue weighted by atomic mass is 10.0. The van der Waals surface area contributed by atoms with E-state index < -0.39 is 0 Å². The Bertz CT molecular complexity index is 389. The molecule has 4 heteroatoms. The van der Waals surface area contributed by atoms with Crippen LogP contribution in [-0.4, -0.2) is 49.1 Å². The minimum atomic E-state index is 0.192. The van der Waals surface area contributed by atoms with Crippen molar-refractivity contribution in [2.75, 3.05) is 27.2 Å². The van der Waals surface area contributed by atoms with Gasteiger partial charge in [0, 0.05) is 28.4 Å². The summed E-state index contributed by atoms with van der Waals surface area (Å²) in [5, 5.41) is 0. The van der Waals surface area contributed by atoms with Crippen molar-refractivity contribution in [3.63, 3.8) is 0 Å². The van der Waals surface area contributed by atoms with Crippen LogP contribution in [0.4, 0.5) is 0 Å². The molecule has 1 aromatic heterocycles.